The van der Waals surface area contributed by atoms with Crippen LogP contribution in [0.2, 0.25) is 0 Å². The first-order valence-corrected chi connectivity index (χ1v) is 10.4. The summed E-state index contributed by atoms with van der Waals surface area (Å²) in [5, 5.41) is 0. The topological polar surface area (TPSA) is 52.7 Å². The van der Waals surface area contributed by atoms with Gasteiger partial charge in [-0.3, -0.25) is 9.80 Å². The van der Waals surface area contributed by atoms with E-state index in [0.29, 0.717) is 6.54 Å². The molecule has 0 spiro atoms. The molecule has 0 bridgehead atoms. The fourth-order valence-corrected chi connectivity index (χ4v) is 3.95. The predicted molar refractivity (Wildman–Crippen MR) is 100 cm³/mol. The minimum Gasteiger partial charge on any atom is -0.295 e. The molecule has 1 heterocycles. The molecule has 0 aliphatic carbocycles. The molecule has 5 nitrogen and oxygen atoms in total. The molecule has 134 valence electrons. The molecule has 25 heavy (non-hydrogen) atoms. The lowest BCUT2D eigenvalue weighted by molar-refractivity contribution is 0.0584. The van der Waals surface area contributed by atoms with E-state index in [1.165, 1.54) is 17.4 Å². The number of hydrogen-bond acceptors (Lipinski definition) is 4. The Kier molecular flexibility index (Phi) is 5.86. The van der Waals surface area contributed by atoms with E-state index < -0.39 is 10.0 Å². The van der Waals surface area contributed by atoms with E-state index >= 15 is 0 Å². The van der Waals surface area contributed by atoms with Gasteiger partial charge in [-0.1, -0.05) is 60.7 Å². The van der Waals surface area contributed by atoms with Crippen molar-refractivity contribution in [3.05, 3.63) is 71.8 Å². The smallest absolute Gasteiger partial charge is 0.210 e. The minimum atomic E-state index is -3.26. The first-order chi connectivity index (χ1) is 12.0. The first kappa shape index (κ1) is 18.1. The quantitative estimate of drug-likeness (QED) is 0.856. The van der Waals surface area contributed by atoms with Crippen molar-refractivity contribution in [1.29, 1.82) is 0 Å². The molecule has 1 N–H and O–H groups in total. The fourth-order valence-electron chi connectivity index (χ4n) is 3.23. The van der Waals surface area contributed by atoms with Gasteiger partial charge in [0.05, 0.1) is 12.4 Å². The molecule has 1 aliphatic heterocycles. The van der Waals surface area contributed by atoms with Crippen molar-refractivity contribution in [3.63, 3.8) is 0 Å². The highest BCUT2D eigenvalue weighted by molar-refractivity contribution is 7.88. The summed E-state index contributed by atoms with van der Waals surface area (Å²) in [4.78, 5) is 4.51. The monoisotopic (exact) mass is 359 g/mol. The Bertz CT molecular complexity index is 766. The Hall–Kier alpha value is -1.73. The van der Waals surface area contributed by atoms with E-state index in [9.17, 15) is 8.42 Å². The van der Waals surface area contributed by atoms with Gasteiger partial charge in [-0.05, 0) is 11.1 Å². The Labute approximate surface area is 150 Å². The predicted octanol–water partition coefficient (Wildman–Crippen LogP) is 1.88. The number of sulfonamides is 1. The third kappa shape index (κ3) is 5.64. The Morgan fingerprint density at radius 3 is 2.04 bits per heavy atom. The molecule has 1 aliphatic rings. The number of nitrogens with zero attached hydrogens (tertiary/aromatic N) is 2. The van der Waals surface area contributed by atoms with Gasteiger partial charge in [0.1, 0.15) is 0 Å². The second-order valence-electron chi connectivity index (χ2n) is 6.58. The molecule has 3 rings (SSSR count). The Balaban J connectivity index is 1.69. The molecule has 0 radical (unpaired) electrons. The van der Waals surface area contributed by atoms with Gasteiger partial charge in [0, 0.05) is 32.7 Å². The summed E-state index contributed by atoms with van der Waals surface area (Å²) < 4.78 is 26.4. The summed E-state index contributed by atoms with van der Waals surface area (Å²) in [6.45, 7) is 4.00. The number of piperazine rings is 1. The minimum absolute atomic E-state index is 0.215. The fraction of sp³-hybridized carbons (Fsp3) is 0.368. The lowest BCUT2D eigenvalue weighted by Crippen LogP contribution is -2.59. The average molecular weight is 359 g/mol. The van der Waals surface area contributed by atoms with E-state index in [0.717, 1.165) is 26.2 Å². The summed E-state index contributed by atoms with van der Waals surface area (Å²) >= 11 is 0. The molecule has 0 aromatic heterocycles. The number of benzene rings is 2. The maximum absolute atomic E-state index is 11.8. The van der Waals surface area contributed by atoms with Crippen LogP contribution in [0.15, 0.2) is 60.7 Å². The number of rotatable bonds is 6. The molecular weight excluding hydrogens is 334 g/mol. The maximum Gasteiger partial charge on any atom is 0.210 e. The zero-order valence-electron chi connectivity index (χ0n) is 14.5. The largest absolute Gasteiger partial charge is 0.295 e. The Morgan fingerprint density at radius 1 is 0.920 bits per heavy atom. The van der Waals surface area contributed by atoms with Gasteiger partial charge in [0.25, 0.3) is 0 Å². The van der Waals surface area contributed by atoms with Crippen molar-refractivity contribution in [2.45, 2.75) is 19.3 Å². The summed E-state index contributed by atoms with van der Waals surface area (Å²) in [6, 6.07) is 20.5. The van der Waals surface area contributed by atoms with Crippen LogP contribution in [0, 0.1) is 0 Å². The van der Waals surface area contributed by atoms with Crippen molar-refractivity contribution in [2.75, 3.05) is 25.9 Å². The van der Waals surface area contributed by atoms with Crippen LogP contribution in [0.25, 0.3) is 0 Å². The molecule has 6 heteroatoms. The van der Waals surface area contributed by atoms with Crippen LogP contribution in [0.1, 0.15) is 11.1 Å². The van der Waals surface area contributed by atoms with Gasteiger partial charge >= 0.3 is 0 Å². The van der Waals surface area contributed by atoms with Crippen LogP contribution < -0.4 is 4.72 Å². The Morgan fingerprint density at radius 2 is 1.48 bits per heavy atom. The summed E-state index contributed by atoms with van der Waals surface area (Å²) in [5.41, 5.74) is 2.44. The lowest BCUT2D eigenvalue weighted by atomic mass is 10.1. The second-order valence-corrected chi connectivity index (χ2v) is 8.36. The highest BCUT2D eigenvalue weighted by Gasteiger charge is 2.29. The van der Waals surface area contributed by atoms with Crippen LogP contribution in [0.4, 0.5) is 0 Å². The second kappa shape index (κ2) is 8.10. The van der Waals surface area contributed by atoms with Gasteiger partial charge in [-0.25, -0.2) is 8.42 Å². The number of nitrogens with one attached hydrogen (secondary N) is 1. The maximum atomic E-state index is 11.8. The lowest BCUT2D eigenvalue weighted by Gasteiger charge is -2.41. The van der Waals surface area contributed by atoms with Gasteiger partial charge in [0.2, 0.25) is 10.0 Å². The third-order valence-corrected chi connectivity index (χ3v) is 5.10. The van der Waals surface area contributed by atoms with Crippen molar-refractivity contribution >= 4 is 10.0 Å². The van der Waals surface area contributed by atoms with Crippen LogP contribution >= 0.6 is 0 Å². The van der Waals surface area contributed by atoms with Gasteiger partial charge in [-0.15, -0.1) is 0 Å². The van der Waals surface area contributed by atoms with E-state index in [-0.39, 0.29) is 6.17 Å². The van der Waals surface area contributed by atoms with E-state index in [2.05, 4.69) is 38.8 Å². The van der Waals surface area contributed by atoms with Crippen LogP contribution in [0.3, 0.4) is 0 Å². The average Bonchev–Trinajstić information content (AvgIpc) is 2.58. The third-order valence-electron chi connectivity index (χ3n) is 4.40. The standard InChI is InChI=1S/C19H25N3O2S/c1-25(23,24)20-19-16-21(14-17-8-4-2-5-9-17)12-13-22(19)15-18-10-6-3-7-11-18/h2-11,19-20H,12-16H2,1H3. The van der Waals surface area contributed by atoms with Crippen molar-refractivity contribution in [3.8, 4) is 0 Å². The highest BCUT2D eigenvalue weighted by Crippen LogP contribution is 2.15. The zero-order valence-corrected chi connectivity index (χ0v) is 15.3. The van der Waals surface area contributed by atoms with Crippen LogP contribution in [0.5, 0.6) is 0 Å². The van der Waals surface area contributed by atoms with Gasteiger partial charge in [0.15, 0.2) is 0 Å². The molecule has 0 saturated carbocycles. The molecule has 1 fully saturated rings. The normalized spacial score (nSPS) is 19.8. The molecule has 0 amide bonds. The van der Waals surface area contributed by atoms with E-state index in [4.69, 9.17) is 0 Å². The molecular formula is C19H25N3O2S. The van der Waals surface area contributed by atoms with Crippen LogP contribution in [-0.4, -0.2) is 50.3 Å². The summed E-state index contributed by atoms with van der Waals surface area (Å²) in [7, 11) is -3.26. The first-order valence-electron chi connectivity index (χ1n) is 8.51. The van der Waals surface area contributed by atoms with Crippen molar-refractivity contribution in [1.82, 2.24) is 14.5 Å². The van der Waals surface area contributed by atoms with Crippen molar-refractivity contribution < 1.29 is 8.42 Å². The molecule has 2 aromatic rings. The highest BCUT2D eigenvalue weighted by atomic mass is 32.2. The molecule has 1 saturated heterocycles. The number of hydrogen-bond donors (Lipinski definition) is 1. The van der Waals surface area contributed by atoms with Gasteiger partial charge < -0.3 is 0 Å². The van der Waals surface area contributed by atoms with E-state index in [1.54, 1.807) is 0 Å². The van der Waals surface area contributed by atoms with Crippen molar-refractivity contribution in [2.24, 2.45) is 0 Å². The molecule has 1 unspecified atom stereocenters. The van der Waals surface area contributed by atoms with Crippen LogP contribution in [-0.2, 0) is 23.1 Å². The zero-order chi connectivity index (χ0) is 17.7. The SMILES string of the molecule is CS(=O)(=O)NC1CN(Cc2ccccc2)CCN1Cc1ccccc1. The molecule has 2 aromatic carbocycles. The van der Waals surface area contributed by atoms with Gasteiger partial charge in [-0.2, -0.15) is 4.72 Å². The summed E-state index contributed by atoms with van der Waals surface area (Å²) in [5.74, 6) is 0. The van der Waals surface area contributed by atoms with E-state index in [1.807, 2.05) is 36.4 Å². The molecule has 1 atom stereocenters. The summed E-state index contributed by atoms with van der Waals surface area (Å²) in [6.07, 6.45) is 1.01.